The monoisotopic (exact) mass is 340 g/mol. The van der Waals surface area contributed by atoms with Gasteiger partial charge in [0.15, 0.2) is 5.96 Å². The van der Waals surface area contributed by atoms with Crippen molar-refractivity contribution in [2.45, 2.75) is 70.4 Å². The predicted molar refractivity (Wildman–Crippen MR) is 104 cm³/mol. The van der Waals surface area contributed by atoms with Gasteiger partial charge in [0.25, 0.3) is 0 Å². The van der Waals surface area contributed by atoms with Gasteiger partial charge in [0.05, 0.1) is 0 Å². The first-order valence-corrected chi connectivity index (χ1v) is 11.0. The standard InChI is InChI=1S/C18H36N4S/c1-3-19-18(20-12-7-15-23-2)21-16-10-13-22(14-11-16)17-8-5-4-6-9-17/h16-17H,3-15H2,1-2H3,(H2,19,20,21). The fourth-order valence-electron chi connectivity index (χ4n) is 3.77. The molecule has 0 bridgehead atoms. The number of hydrogen-bond donors (Lipinski definition) is 2. The van der Waals surface area contributed by atoms with E-state index in [0.29, 0.717) is 6.04 Å². The van der Waals surface area contributed by atoms with Gasteiger partial charge in [0.1, 0.15) is 0 Å². The molecule has 0 spiro atoms. The topological polar surface area (TPSA) is 39.7 Å². The molecule has 2 fully saturated rings. The van der Waals surface area contributed by atoms with Crippen molar-refractivity contribution in [3.8, 4) is 0 Å². The van der Waals surface area contributed by atoms with Crippen LogP contribution in [0.3, 0.4) is 0 Å². The SMILES string of the molecule is CCNC(=NCCCSC)NC1CCN(C2CCCCC2)CC1. The molecule has 2 aliphatic rings. The first-order valence-electron chi connectivity index (χ1n) is 9.61. The van der Waals surface area contributed by atoms with Crippen molar-refractivity contribution in [1.82, 2.24) is 15.5 Å². The van der Waals surface area contributed by atoms with Gasteiger partial charge in [-0.15, -0.1) is 0 Å². The van der Waals surface area contributed by atoms with Gasteiger partial charge in [-0.25, -0.2) is 0 Å². The molecule has 0 atom stereocenters. The largest absolute Gasteiger partial charge is 0.357 e. The Morgan fingerprint density at radius 2 is 1.87 bits per heavy atom. The number of nitrogens with one attached hydrogen (secondary N) is 2. The van der Waals surface area contributed by atoms with Crippen molar-refractivity contribution in [3.63, 3.8) is 0 Å². The van der Waals surface area contributed by atoms with Crippen molar-refractivity contribution >= 4 is 17.7 Å². The fourth-order valence-corrected chi connectivity index (χ4v) is 4.19. The first kappa shape index (κ1) is 18.9. The Morgan fingerprint density at radius 3 is 2.52 bits per heavy atom. The summed E-state index contributed by atoms with van der Waals surface area (Å²) in [5.41, 5.74) is 0. The number of piperidine rings is 1. The molecule has 1 saturated carbocycles. The van der Waals surface area contributed by atoms with Gasteiger partial charge in [-0.3, -0.25) is 4.99 Å². The molecular formula is C18H36N4S. The Bertz CT molecular complexity index is 334. The molecule has 0 amide bonds. The molecule has 1 aliphatic heterocycles. The van der Waals surface area contributed by atoms with Crippen LogP contribution in [0.1, 0.15) is 58.3 Å². The molecule has 0 unspecified atom stereocenters. The Balaban J connectivity index is 1.71. The molecule has 2 rings (SSSR count). The molecule has 0 radical (unpaired) electrons. The van der Waals surface area contributed by atoms with Crippen molar-refractivity contribution < 1.29 is 0 Å². The number of guanidine groups is 1. The highest BCUT2D eigenvalue weighted by atomic mass is 32.2. The fraction of sp³-hybridized carbons (Fsp3) is 0.944. The van der Waals surface area contributed by atoms with E-state index in [-0.39, 0.29) is 0 Å². The second-order valence-corrected chi connectivity index (χ2v) is 7.84. The Morgan fingerprint density at radius 1 is 1.13 bits per heavy atom. The second kappa shape index (κ2) is 11.2. The van der Waals surface area contributed by atoms with Crippen molar-refractivity contribution in [2.24, 2.45) is 4.99 Å². The summed E-state index contributed by atoms with van der Waals surface area (Å²) in [5, 5.41) is 7.06. The van der Waals surface area contributed by atoms with Gasteiger partial charge in [0, 0.05) is 38.3 Å². The number of likely N-dealkylation sites (tertiary alicyclic amines) is 1. The molecule has 2 N–H and O–H groups in total. The molecule has 0 aromatic rings. The predicted octanol–water partition coefficient (Wildman–Crippen LogP) is 3.09. The van der Waals surface area contributed by atoms with Crippen LogP contribution in [0, 0.1) is 0 Å². The van der Waals surface area contributed by atoms with E-state index in [4.69, 9.17) is 4.99 Å². The third-order valence-electron chi connectivity index (χ3n) is 5.08. The highest BCUT2D eigenvalue weighted by Crippen LogP contribution is 2.25. The maximum atomic E-state index is 4.72. The number of hydrogen-bond acceptors (Lipinski definition) is 3. The van der Waals surface area contributed by atoms with E-state index < -0.39 is 0 Å². The van der Waals surface area contributed by atoms with Crippen LogP contribution in [-0.2, 0) is 0 Å². The third-order valence-corrected chi connectivity index (χ3v) is 5.78. The highest BCUT2D eigenvalue weighted by Gasteiger charge is 2.26. The van der Waals surface area contributed by atoms with Crippen LogP contribution < -0.4 is 10.6 Å². The number of aliphatic imine (C=N–C) groups is 1. The maximum absolute atomic E-state index is 4.72. The summed E-state index contributed by atoms with van der Waals surface area (Å²) < 4.78 is 0. The third kappa shape index (κ3) is 6.92. The second-order valence-electron chi connectivity index (χ2n) is 6.85. The van der Waals surface area contributed by atoms with Crippen LogP contribution in [0.15, 0.2) is 4.99 Å². The number of thioether (sulfide) groups is 1. The number of rotatable bonds is 7. The van der Waals surface area contributed by atoms with Gasteiger partial charge in [0.2, 0.25) is 0 Å². The zero-order valence-corrected chi connectivity index (χ0v) is 16.0. The van der Waals surface area contributed by atoms with Gasteiger partial charge in [-0.2, -0.15) is 11.8 Å². The average Bonchev–Trinajstić information content (AvgIpc) is 2.60. The van der Waals surface area contributed by atoms with E-state index in [1.807, 2.05) is 11.8 Å². The Labute approximate surface area is 147 Å². The summed E-state index contributed by atoms with van der Waals surface area (Å²) in [6.07, 6.45) is 13.0. The lowest BCUT2D eigenvalue weighted by Crippen LogP contribution is -2.51. The van der Waals surface area contributed by atoms with E-state index in [2.05, 4.69) is 28.7 Å². The summed E-state index contributed by atoms with van der Waals surface area (Å²) in [5.74, 6) is 2.22. The maximum Gasteiger partial charge on any atom is 0.191 e. The average molecular weight is 341 g/mol. The van der Waals surface area contributed by atoms with Crippen LogP contribution in [0.2, 0.25) is 0 Å². The zero-order chi connectivity index (χ0) is 16.3. The normalized spacial score (nSPS) is 22.3. The van der Waals surface area contributed by atoms with Gasteiger partial charge >= 0.3 is 0 Å². The van der Waals surface area contributed by atoms with Gasteiger partial charge in [-0.1, -0.05) is 19.3 Å². The van der Waals surface area contributed by atoms with Crippen LogP contribution in [0.25, 0.3) is 0 Å². The Hall–Kier alpha value is -0.420. The molecule has 23 heavy (non-hydrogen) atoms. The van der Waals surface area contributed by atoms with E-state index in [9.17, 15) is 0 Å². The van der Waals surface area contributed by atoms with E-state index in [0.717, 1.165) is 31.5 Å². The summed E-state index contributed by atoms with van der Waals surface area (Å²) in [6.45, 7) is 6.53. The molecule has 134 valence electrons. The lowest BCUT2D eigenvalue weighted by atomic mass is 9.92. The molecule has 4 nitrogen and oxygen atoms in total. The van der Waals surface area contributed by atoms with Crippen molar-refractivity contribution in [2.75, 3.05) is 38.2 Å². The van der Waals surface area contributed by atoms with Gasteiger partial charge in [-0.05, 0) is 51.0 Å². The smallest absolute Gasteiger partial charge is 0.191 e. The lowest BCUT2D eigenvalue weighted by molar-refractivity contribution is 0.119. The molecule has 1 saturated heterocycles. The molecular weight excluding hydrogens is 304 g/mol. The number of nitrogens with zero attached hydrogens (tertiary/aromatic N) is 2. The first-order chi connectivity index (χ1) is 11.3. The lowest BCUT2D eigenvalue weighted by Gasteiger charge is -2.39. The van der Waals surface area contributed by atoms with E-state index >= 15 is 0 Å². The molecule has 0 aromatic heterocycles. The van der Waals surface area contributed by atoms with Crippen LogP contribution >= 0.6 is 11.8 Å². The van der Waals surface area contributed by atoms with Crippen LogP contribution in [0.4, 0.5) is 0 Å². The summed E-state index contributed by atoms with van der Waals surface area (Å²) in [6, 6.07) is 1.46. The quantitative estimate of drug-likeness (QED) is 0.424. The summed E-state index contributed by atoms with van der Waals surface area (Å²) in [4.78, 5) is 7.47. The minimum atomic E-state index is 0.591. The zero-order valence-electron chi connectivity index (χ0n) is 15.1. The minimum Gasteiger partial charge on any atom is -0.357 e. The molecule has 1 heterocycles. The molecule has 0 aromatic carbocycles. The van der Waals surface area contributed by atoms with Crippen LogP contribution in [0.5, 0.6) is 0 Å². The van der Waals surface area contributed by atoms with Crippen molar-refractivity contribution in [1.29, 1.82) is 0 Å². The Kier molecular flexibility index (Phi) is 9.20. The van der Waals surface area contributed by atoms with Crippen LogP contribution in [-0.4, -0.2) is 61.1 Å². The van der Waals surface area contributed by atoms with Crippen molar-refractivity contribution in [3.05, 3.63) is 0 Å². The van der Waals surface area contributed by atoms with E-state index in [1.165, 1.54) is 63.8 Å². The molecule has 1 aliphatic carbocycles. The summed E-state index contributed by atoms with van der Waals surface area (Å²) >= 11 is 1.90. The summed E-state index contributed by atoms with van der Waals surface area (Å²) in [7, 11) is 0. The minimum absolute atomic E-state index is 0.591. The van der Waals surface area contributed by atoms with E-state index in [1.54, 1.807) is 0 Å². The highest BCUT2D eigenvalue weighted by molar-refractivity contribution is 7.98. The van der Waals surface area contributed by atoms with Gasteiger partial charge < -0.3 is 15.5 Å². The molecule has 5 heteroatoms.